The summed E-state index contributed by atoms with van der Waals surface area (Å²) in [6, 6.07) is 12.3. The summed E-state index contributed by atoms with van der Waals surface area (Å²) >= 11 is 1.68. The molecular formula is C33H40N8O13P3S+. The van der Waals surface area contributed by atoms with Crippen molar-refractivity contribution < 1.29 is 61.1 Å². The monoisotopic (exact) mass is 881 g/mol. The molecule has 8 N–H and O–H groups in total. The van der Waals surface area contributed by atoms with Gasteiger partial charge in [0.05, 0.1) is 51.0 Å². The average molecular weight is 882 g/mol. The zero-order valence-corrected chi connectivity index (χ0v) is 34.6. The molecular weight excluding hydrogens is 841 g/mol. The molecule has 2 unspecified atom stereocenters. The van der Waals surface area contributed by atoms with E-state index in [2.05, 4.69) is 67.9 Å². The molecule has 5 atom stereocenters. The first-order valence-electron chi connectivity index (χ1n) is 17.3. The second kappa shape index (κ2) is 17.6. The van der Waals surface area contributed by atoms with Crippen LogP contribution < -0.4 is 25.9 Å². The van der Waals surface area contributed by atoms with Crippen LogP contribution in [-0.2, 0) is 36.4 Å². The minimum atomic E-state index is -5.73. The van der Waals surface area contributed by atoms with Crippen molar-refractivity contribution in [2.24, 2.45) is 0 Å². The van der Waals surface area contributed by atoms with Gasteiger partial charge in [-0.25, -0.2) is 33.2 Å². The predicted molar refractivity (Wildman–Crippen MR) is 212 cm³/mol. The van der Waals surface area contributed by atoms with E-state index in [9.17, 15) is 33.4 Å². The van der Waals surface area contributed by atoms with Crippen LogP contribution in [0.15, 0.2) is 48.9 Å². The zero-order valence-electron chi connectivity index (χ0n) is 31.1. The SMILES string of the molecule is CN(CCCC(=O)NCC#Cc1cn([C@H]2C[C@H](O)[C@@H](COP(=O)(O)OP(=O)(O)OP(=O)(O)O)O2)c2ncnc(N)c12)c1ccc2nc3ccc(=[N+](C)C)cc-3sc2c1. The van der Waals surface area contributed by atoms with E-state index >= 15 is 0 Å². The van der Waals surface area contributed by atoms with Crippen LogP contribution in [0.4, 0.5) is 11.5 Å². The molecule has 21 nitrogen and oxygen atoms in total. The summed E-state index contributed by atoms with van der Waals surface area (Å²) < 4.78 is 57.1. The molecule has 0 spiro atoms. The number of phosphoric acid groups is 3. The fourth-order valence-electron chi connectivity index (χ4n) is 6.02. The second-order valence-electron chi connectivity index (χ2n) is 13.2. The maximum atomic E-state index is 12.7. The number of phosphoric ester groups is 1. The van der Waals surface area contributed by atoms with Gasteiger partial charge in [-0.2, -0.15) is 8.62 Å². The first-order valence-corrected chi connectivity index (χ1v) is 22.7. The number of carbonyl (C=O) groups is 1. The fourth-order valence-corrected chi connectivity index (χ4v) is 10.1. The van der Waals surface area contributed by atoms with Crippen molar-refractivity contribution in [3.8, 4) is 22.4 Å². The molecule has 25 heteroatoms. The average Bonchev–Trinajstić information content (AvgIpc) is 3.69. The minimum Gasteiger partial charge on any atom is -0.390 e. The van der Waals surface area contributed by atoms with Crippen LogP contribution in [-0.4, -0.2) is 103 Å². The molecule has 4 heterocycles. The van der Waals surface area contributed by atoms with Crippen LogP contribution in [0.1, 0.15) is 31.1 Å². The fraction of sp³-hybridized carbons (Fsp3) is 0.364. The van der Waals surface area contributed by atoms with Crippen LogP contribution in [0.3, 0.4) is 0 Å². The third kappa shape index (κ3) is 10.9. The lowest BCUT2D eigenvalue weighted by Crippen LogP contribution is -2.26. The van der Waals surface area contributed by atoms with Gasteiger partial charge in [0.25, 0.3) is 0 Å². The van der Waals surface area contributed by atoms with E-state index in [1.807, 2.05) is 39.3 Å². The molecule has 3 aromatic rings. The van der Waals surface area contributed by atoms with Crippen LogP contribution in [0.5, 0.6) is 0 Å². The van der Waals surface area contributed by atoms with Gasteiger partial charge in [-0.15, -0.1) is 11.3 Å². The van der Waals surface area contributed by atoms with Crippen molar-refractivity contribution in [2.45, 2.75) is 37.7 Å². The Labute approximate surface area is 334 Å². The lowest BCUT2D eigenvalue weighted by Gasteiger charge is -2.19. The van der Waals surface area contributed by atoms with E-state index in [1.54, 1.807) is 17.5 Å². The van der Waals surface area contributed by atoms with Crippen LogP contribution in [0.25, 0.3) is 31.8 Å². The number of anilines is 2. The van der Waals surface area contributed by atoms with Gasteiger partial charge in [0, 0.05) is 50.5 Å². The maximum absolute atomic E-state index is 12.7. The Morgan fingerprint density at radius 1 is 1.12 bits per heavy atom. The summed E-state index contributed by atoms with van der Waals surface area (Å²) in [5, 5.41) is 14.9. The van der Waals surface area contributed by atoms with Crippen molar-refractivity contribution in [3.05, 3.63) is 59.8 Å². The number of nitrogen functional groups attached to an aromatic ring is 1. The van der Waals surface area contributed by atoms with E-state index in [0.29, 0.717) is 23.9 Å². The Bertz CT molecular complexity index is 2600. The molecule has 2 aromatic heterocycles. The highest BCUT2D eigenvalue weighted by Gasteiger charge is 2.43. The van der Waals surface area contributed by atoms with Gasteiger partial charge < -0.3 is 49.9 Å². The number of aliphatic hydroxyl groups excluding tert-OH is 1. The lowest BCUT2D eigenvalue weighted by molar-refractivity contribution is -0.120. The first-order chi connectivity index (χ1) is 27.3. The van der Waals surface area contributed by atoms with Crippen molar-refractivity contribution in [1.82, 2.24) is 29.4 Å². The molecule has 1 amide bonds. The highest BCUT2D eigenvalue weighted by Crippen LogP contribution is 2.66. The Morgan fingerprint density at radius 3 is 2.64 bits per heavy atom. The number of hydrogen-bond donors (Lipinski definition) is 7. The summed E-state index contributed by atoms with van der Waals surface area (Å²) in [4.78, 5) is 65.5. The number of aliphatic hydroxyl groups is 1. The van der Waals surface area contributed by atoms with Gasteiger partial charge in [-0.05, 0) is 30.7 Å². The van der Waals surface area contributed by atoms with E-state index in [4.69, 9.17) is 25.2 Å². The van der Waals surface area contributed by atoms with Crippen molar-refractivity contribution >= 4 is 73.5 Å². The lowest BCUT2D eigenvalue weighted by atomic mass is 10.2. The summed E-state index contributed by atoms with van der Waals surface area (Å²) in [6.45, 7) is -0.187. The van der Waals surface area contributed by atoms with Crippen LogP contribution >= 0.6 is 34.8 Å². The number of nitrogens with zero attached hydrogens (tertiary/aromatic N) is 6. The van der Waals surface area contributed by atoms with Gasteiger partial charge in [-0.1, -0.05) is 11.8 Å². The normalized spacial score (nSPS) is 19.1. The molecule has 1 aromatic carbocycles. The number of hydrogen-bond acceptors (Lipinski definition) is 15. The standard InChI is InChI=1S/C33H39N8O13P3S/c1-39(2)21-8-10-23-27(14-21)58-28-15-22(9-11-24(28)38-23)40(3)13-5-7-29(43)35-12-4-6-20-17-41(33-31(20)32(34)36-19-37-33)30-16-25(42)26(52-30)18-51-56(47,48)54-57(49,50)53-55(44,45)46/h8-11,14-15,17,19,25-26,30,42H,5,7,12-13,16,18H2,1-3H3,(H6-,34,35,36,37,43,44,45,46,47,48,49,50)/p+1/t25-,26+,30+/m0/s1. The largest absolute Gasteiger partial charge is 0.490 e. The van der Waals surface area contributed by atoms with Crippen molar-refractivity contribution in [3.63, 3.8) is 0 Å². The van der Waals surface area contributed by atoms with E-state index in [-0.39, 0.29) is 36.8 Å². The third-order valence-corrected chi connectivity index (χ3v) is 13.7. The highest BCUT2D eigenvalue weighted by molar-refractivity contribution is 7.66. The number of nitrogens with one attached hydrogen (secondary N) is 1. The molecule has 0 bridgehead atoms. The number of rotatable bonds is 14. The van der Waals surface area contributed by atoms with Crippen LogP contribution in [0.2, 0.25) is 0 Å². The zero-order chi connectivity index (χ0) is 42.0. The Balaban J connectivity index is 1.02. The number of fused-ring (bicyclic) bond motifs is 3. The quantitative estimate of drug-likeness (QED) is 0.0364. The number of amides is 1. The number of benzene rings is 2. The molecule has 2 aliphatic heterocycles. The van der Waals surface area contributed by atoms with Crippen LogP contribution in [0, 0.1) is 11.8 Å². The Hall–Kier alpha value is -4.16. The smallest absolute Gasteiger partial charge is 0.390 e. The summed E-state index contributed by atoms with van der Waals surface area (Å²) in [5.74, 6) is 5.77. The molecule has 58 heavy (non-hydrogen) atoms. The van der Waals surface area contributed by atoms with Gasteiger partial charge in [0.15, 0.2) is 0 Å². The van der Waals surface area contributed by atoms with Gasteiger partial charge in [0.2, 0.25) is 11.3 Å². The third-order valence-electron chi connectivity index (χ3n) is 8.77. The highest BCUT2D eigenvalue weighted by atomic mass is 32.1. The molecule has 1 fully saturated rings. The Morgan fingerprint density at radius 2 is 1.90 bits per heavy atom. The number of carbonyl (C=O) groups excluding carboxylic acids is 1. The van der Waals surface area contributed by atoms with Crippen molar-refractivity contribution in [1.29, 1.82) is 0 Å². The molecule has 6 rings (SSSR count). The minimum absolute atomic E-state index is 0.0266. The maximum Gasteiger partial charge on any atom is 0.490 e. The Kier molecular flexibility index (Phi) is 13.2. The van der Waals surface area contributed by atoms with E-state index in [0.717, 1.165) is 31.8 Å². The number of ether oxygens (including phenoxy) is 1. The molecule has 0 radical (unpaired) electrons. The summed E-state index contributed by atoms with van der Waals surface area (Å²) in [5.41, 5.74) is 9.69. The molecule has 0 saturated carbocycles. The van der Waals surface area contributed by atoms with Gasteiger partial charge >= 0.3 is 23.5 Å². The van der Waals surface area contributed by atoms with Gasteiger partial charge in [0.1, 0.15) is 44.2 Å². The van der Waals surface area contributed by atoms with Crippen molar-refractivity contribution in [2.75, 3.05) is 51.5 Å². The van der Waals surface area contributed by atoms with E-state index < -0.39 is 48.5 Å². The summed E-state index contributed by atoms with van der Waals surface area (Å²) in [6.07, 6.45) is 0.0435. The number of aromatic nitrogens is 4. The molecule has 3 aliphatic rings. The number of nitrogens with two attached hydrogens (primary N) is 1. The second-order valence-corrected chi connectivity index (χ2v) is 18.7. The summed E-state index contributed by atoms with van der Waals surface area (Å²) in [7, 11) is -10.8. The first kappa shape index (κ1) is 43.4. The predicted octanol–water partition coefficient (Wildman–Crippen LogP) is 2.14. The van der Waals surface area contributed by atoms with E-state index in [1.165, 1.54) is 10.9 Å². The molecule has 1 saturated heterocycles. The van der Waals surface area contributed by atoms with Gasteiger partial charge in [-0.3, -0.25) is 9.32 Å². The topological polar surface area (TPSA) is 294 Å². The molecule has 1 aliphatic carbocycles. The molecule has 310 valence electrons.